The summed E-state index contributed by atoms with van der Waals surface area (Å²) < 4.78 is 0. The molecule has 6 nitrogen and oxygen atoms in total. The van der Waals surface area contributed by atoms with E-state index in [2.05, 4.69) is 21.3 Å². The fraction of sp³-hybridized carbons (Fsp3) is 0.316. The van der Waals surface area contributed by atoms with Gasteiger partial charge in [0.1, 0.15) is 6.07 Å². The van der Waals surface area contributed by atoms with Gasteiger partial charge in [-0.25, -0.2) is 0 Å². The third-order valence-corrected chi connectivity index (χ3v) is 4.42. The van der Waals surface area contributed by atoms with Crippen LogP contribution < -0.4 is 16.0 Å². The molecule has 2 aromatic rings. The SMILES string of the molecule is C[C@H](N)C(=O)N[C@H]1CCN(c2ccc(-c3ccncc3)cc2C#N)C1. The van der Waals surface area contributed by atoms with Crippen molar-refractivity contribution < 1.29 is 4.79 Å². The Morgan fingerprint density at radius 3 is 2.80 bits per heavy atom. The number of anilines is 1. The minimum atomic E-state index is -0.511. The van der Waals surface area contributed by atoms with E-state index in [1.165, 1.54) is 0 Å². The summed E-state index contributed by atoms with van der Waals surface area (Å²) in [7, 11) is 0. The molecule has 1 fully saturated rings. The van der Waals surface area contributed by atoms with Crippen LogP contribution in [0, 0.1) is 11.3 Å². The largest absolute Gasteiger partial charge is 0.368 e. The molecule has 6 heteroatoms. The Morgan fingerprint density at radius 2 is 2.12 bits per heavy atom. The molecule has 0 bridgehead atoms. The number of pyridine rings is 1. The van der Waals surface area contributed by atoms with Crippen molar-refractivity contribution in [2.24, 2.45) is 5.73 Å². The van der Waals surface area contributed by atoms with Crippen molar-refractivity contribution in [3.8, 4) is 17.2 Å². The van der Waals surface area contributed by atoms with Gasteiger partial charge in [0.05, 0.1) is 17.3 Å². The van der Waals surface area contributed by atoms with Gasteiger partial charge in [0.15, 0.2) is 0 Å². The summed E-state index contributed by atoms with van der Waals surface area (Å²) in [6.45, 7) is 3.16. The monoisotopic (exact) mass is 335 g/mol. The quantitative estimate of drug-likeness (QED) is 0.886. The fourth-order valence-electron chi connectivity index (χ4n) is 3.05. The van der Waals surface area contributed by atoms with Gasteiger partial charge in [-0.2, -0.15) is 5.26 Å². The molecule has 2 atom stereocenters. The Labute approximate surface area is 147 Å². The average molecular weight is 335 g/mol. The fourth-order valence-corrected chi connectivity index (χ4v) is 3.05. The Morgan fingerprint density at radius 1 is 1.36 bits per heavy atom. The maximum atomic E-state index is 11.8. The molecule has 0 aliphatic carbocycles. The van der Waals surface area contributed by atoms with E-state index >= 15 is 0 Å². The standard InChI is InChI=1S/C19H21N5O/c1-13(21)19(25)23-17-6-9-24(12-17)18-3-2-15(10-16(18)11-20)14-4-7-22-8-5-14/h2-5,7-8,10,13,17H,6,9,12,21H2,1H3,(H,23,25)/t13-,17-/m0/s1. The first-order valence-corrected chi connectivity index (χ1v) is 8.34. The number of carbonyl (C=O) groups is 1. The molecule has 0 radical (unpaired) electrons. The first-order valence-electron chi connectivity index (χ1n) is 8.34. The highest BCUT2D eigenvalue weighted by molar-refractivity contribution is 5.81. The Bertz CT molecular complexity index is 797. The lowest BCUT2D eigenvalue weighted by atomic mass is 10.0. The normalized spacial score (nSPS) is 17.8. The molecular formula is C19H21N5O. The third-order valence-electron chi connectivity index (χ3n) is 4.42. The van der Waals surface area contributed by atoms with E-state index in [4.69, 9.17) is 5.73 Å². The zero-order chi connectivity index (χ0) is 17.8. The van der Waals surface area contributed by atoms with Crippen molar-refractivity contribution in [1.29, 1.82) is 5.26 Å². The van der Waals surface area contributed by atoms with E-state index in [1.54, 1.807) is 19.3 Å². The van der Waals surface area contributed by atoms with Crippen LogP contribution in [0.4, 0.5) is 5.69 Å². The van der Waals surface area contributed by atoms with Crippen LogP contribution in [0.1, 0.15) is 18.9 Å². The number of hydrogen-bond donors (Lipinski definition) is 2. The highest BCUT2D eigenvalue weighted by Gasteiger charge is 2.26. The van der Waals surface area contributed by atoms with Gasteiger partial charge < -0.3 is 16.0 Å². The van der Waals surface area contributed by atoms with E-state index in [1.807, 2.05) is 30.3 Å². The Hall–Kier alpha value is -2.91. The lowest BCUT2D eigenvalue weighted by Gasteiger charge is -2.21. The second-order valence-electron chi connectivity index (χ2n) is 6.31. The highest BCUT2D eigenvalue weighted by atomic mass is 16.2. The molecule has 1 aromatic heterocycles. The Balaban J connectivity index is 1.77. The van der Waals surface area contributed by atoms with Crippen molar-refractivity contribution >= 4 is 11.6 Å². The van der Waals surface area contributed by atoms with Crippen molar-refractivity contribution in [2.45, 2.75) is 25.4 Å². The number of aromatic nitrogens is 1. The summed E-state index contributed by atoms with van der Waals surface area (Å²) in [4.78, 5) is 17.9. The van der Waals surface area contributed by atoms with Crippen LogP contribution in [-0.4, -0.2) is 36.1 Å². The predicted octanol–water partition coefficient (Wildman–Crippen LogP) is 1.66. The molecule has 0 spiro atoms. The molecule has 25 heavy (non-hydrogen) atoms. The smallest absolute Gasteiger partial charge is 0.236 e. The highest BCUT2D eigenvalue weighted by Crippen LogP contribution is 2.29. The van der Waals surface area contributed by atoms with E-state index in [9.17, 15) is 10.1 Å². The minimum Gasteiger partial charge on any atom is -0.368 e. The predicted molar refractivity (Wildman–Crippen MR) is 96.8 cm³/mol. The molecular weight excluding hydrogens is 314 g/mol. The summed E-state index contributed by atoms with van der Waals surface area (Å²) in [5, 5.41) is 12.5. The molecule has 1 amide bonds. The minimum absolute atomic E-state index is 0.0601. The van der Waals surface area contributed by atoms with Gasteiger partial charge in [-0.3, -0.25) is 9.78 Å². The number of carbonyl (C=O) groups excluding carboxylic acids is 1. The second-order valence-corrected chi connectivity index (χ2v) is 6.31. The second kappa shape index (κ2) is 7.32. The van der Waals surface area contributed by atoms with Crippen molar-refractivity contribution in [3.05, 3.63) is 48.3 Å². The number of amides is 1. The van der Waals surface area contributed by atoms with Crippen LogP contribution >= 0.6 is 0 Å². The van der Waals surface area contributed by atoms with Gasteiger partial charge in [0.25, 0.3) is 0 Å². The van der Waals surface area contributed by atoms with Crippen LogP contribution in [0.15, 0.2) is 42.7 Å². The third kappa shape index (κ3) is 3.78. The van der Waals surface area contributed by atoms with E-state index in [-0.39, 0.29) is 11.9 Å². The molecule has 0 unspecified atom stereocenters. The molecule has 1 aromatic carbocycles. The average Bonchev–Trinajstić information content (AvgIpc) is 3.10. The van der Waals surface area contributed by atoms with E-state index in [0.29, 0.717) is 12.1 Å². The zero-order valence-corrected chi connectivity index (χ0v) is 14.1. The molecule has 1 saturated heterocycles. The van der Waals surface area contributed by atoms with E-state index < -0.39 is 6.04 Å². The van der Waals surface area contributed by atoms with Gasteiger partial charge in [0.2, 0.25) is 5.91 Å². The molecule has 1 aliphatic rings. The van der Waals surface area contributed by atoms with Gasteiger partial charge in [-0.1, -0.05) is 6.07 Å². The lowest BCUT2D eigenvalue weighted by Crippen LogP contribution is -2.44. The lowest BCUT2D eigenvalue weighted by molar-refractivity contribution is -0.122. The zero-order valence-electron chi connectivity index (χ0n) is 14.1. The number of nitrogens with two attached hydrogens (primary N) is 1. The maximum Gasteiger partial charge on any atom is 0.236 e. The number of rotatable bonds is 4. The molecule has 1 aliphatic heterocycles. The van der Waals surface area contributed by atoms with Crippen LogP contribution in [0.5, 0.6) is 0 Å². The summed E-state index contributed by atoms with van der Waals surface area (Å²) in [6, 6.07) is 11.6. The van der Waals surface area contributed by atoms with E-state index in [0.717, 1.165) is 29.8 Å². The van der Waals surface area contributed by atoms with Crippen LogP contribution in [0.3, 0.4) is 0 Å². The topological polar surface area (TPSA) is 95.0 Å². The summed E-state index contributed by atoms with van der Waals surface area (Å²) in [5.41, 5.74) is 9.16. The Kier molecular flexibility index (Phi) is 4.96. The summed E-state index contributed by atoms with van der Waals surface area (Å²) in [5.74, 6) is -0.139. The van der Waals surface area contributed by atoms with Crippen molar-refractivity contribution in [2.75, 3.05) is 18.0 Å². The van der Waals surface area contributed by atoms with Crippen molar-refractivity contribution in [3.63, 3.8) is 0 Å². The molecule has 2 heterocycles. The number of hydrogen-bond acceptors (Lipinski definition) is 5. The maximum absolute atomic E-state index is 11.8. The number of nitrogens with zero attached hydrogens (tertiary/aromatic N) is 3. The number of nitrogens with one attached hydrogen (secondary N) is 1. The molecule has 128 valence electrons. The molecule has 3 rings (SSSR count). The van der Waals surface area contributed by atoms with Gasteiger partial charge in [-0.05, 0) is 48.7 Å². The van der Waals surface area contributed by atoms with Gasteiger partial charge >= 0.3 is 0 Å². The molecule has 0 saturated carbocycles. The van der Waals surface area contributed by atoms with Crippen molar-refractivity contribution in [1.82, 2.24) is 10.3 Å². The summed E-state index contributed by atoms with van der Waals surface area (Å²) in [6.07, 6.45) is 4.32. The first-order chi connectivity index (χ1) is 12.1. The number of benzene rings is 1. The molecule has 3 N–H and O–H groups in total. The number of nitriles is 1. The van der Waals surface area contributed by atoms with Crippen LogP contribution in [-0.2, 0) is 4.79 Å². The van der Waals surface area contributed by atoms with Gasteiger partial charge in [-0.15, -0.1) is 0 Å². The van der Waals surface area contributed by atoms with Crippen LogP contribution in [0.2, 0.25) is 0 Å². The first kappa shape index (κ1) is 16.9. The van der Waals surface area contributed by atoms with Crippen LogP contribution in [0.25, 0.3) is 11.1 Å². The summed E-state index contributed by atoms with van der Waals surface area (Å²) >= 11 is 0. The van der Waals surface area contributed by atoms with Gasteiger partial charge in [0, 0.05) is 31.5 Å².